The molecule has 1 aliphatic rings. The standard InChI is InChI=1S/C11H16N2O/c14-9-11-3-1-2-8-13(11)10-4-6-12-7-5-10/h4-7,11,14H,1-3,8-9H2. The van der Waals surface area contributed by atoms with E-state index in [2.05, 4.69) is 9.88 Å². The predicted molar refractivity (Wildman–Crippen MR) is 56.3 cm³/mol. The van der Waals surface area contributed by atoms with Gasteiger partial charge in [0.15, 0.2) is 0 Å². The number of hydrogen-bond acceptors (Lipinski definition) is 3. The van der Waals surface area contributed by atoms with Crippen LogP contribution in [-0.2, 0) is 0 Å². The van der Waals surface area contributed by atoms with Crippen molar-refractivity contribution in [2.45, 2.75) is 25.3 Å². The number of rotatable bonds is 2. The molecular weight excluding hydrogens is 176 g/mol. The molecule has 0 saturated carbocycles. The van der Waals surface area contributed by atoms with Gasteiger partial charge in [0, 0.05) is 24.6 Å². The summed E-state index contributed by atoms with van der Waals surface area (Å²) in [5.74, 6) is 0. The molecular formula is C11H16N2O. The lowest BCUT2D eigenvalue weighted by molar-refractivity contribution is 0.240. The van der Waals surface area contributed by atoms with Crippen LogP contribution in [-0.4, -0.2) is 29.3 Å². The summed E-state index contributed by atoms with van der Waals surface area (Å²) < 4.78 is 0. The molecule has 3 nitrogen and oxygen atoms in total. The average molecular weight is 192 g/mol. The molecule has 0 bridgehead atoms. The molecule has 1 unspecified atom stereocenters. The summed E-state index contributed by atoms with van der Waals surface area (Å²) in [7, 11) is 0. The van der Waals surface area contributed by atoms with Crippen molar-refractivity contribution < 1.29 is 5.11 Å². The second-order valence-corrected chi connectivity index (χ2v) is 3.73. The molecule has 0 radical (unpaired) electrons. The zero-order chi connectivity index (χ0) is 9.80. The highest BCUT2D eigenvalue weighted by molar-refractivity contribution is 5.46. The van der Waals surface area contributed by atoms with E-state index < -0.39 is 0 Å². The zero-order valence-corrected chi connectivity index (χ0v) is 8.26. The van der Waals surface area contributed by atoms with Gasteiger partial charge in [0.1, 0.15) is 0 Å². The first-order valence-electron chi connectivity index (χ1n) is 5.19. The Morgan fingerprint density at radius 2 is 2.14 bits per heavy atom. The van der Waals surface area contributed by atoms with Crippen molar-refractivity contribution in [1.82, 2.24) is 4.98 Å². The van der Waals surface area contributed by atoms with Crippen LogP contribution in [0.2, 0.25) is 0 Å². The fraction of sp³-hybridized carbons (Fsp3) is 0.545. The molecule has 1 fully saturated rings. The van der Waals surface area contributed by atoms with Crippen LogP contribution in [0.15, 0.2) is 24.5 Å². The van der Waals surface area contributed by atoms with Gasteiger partial charge in [0.05, 0.1) is 12.6 Å². The third-order valence-corrected chi connectivity index (χ3v) is 2.83. The maximum Gasteiger partial charge on any atom is 0.0635 e. The molecule has 1 N–H and O–H groups in total. The molecule has 3 heteroatoms. The van der Waals surface area contributed by atoms with Crippen molar-refractivity contribution in [3.8, 4) is 0 Å². The molecule has 1 aromatic rings. The van der Waals surface area contributed by atoms with E-state index in [1.807, 2.05) is 12.1 Å². The van der Waals surface area contributed by atoms with E-state index in [4.69, 9.17) is 0 Å². The highest BCUT2D eigenvalue weighted by Crippen LogP contribution is 2.23. The maximum absolute atomic E-state index is 9.27. The van der Waals surface area contributed by atoms with E-state index in [1.54, 1.807) is 12.4 Å². The Morgan fingerprint density at radius 1 is 1.36 bits per heavy atom. The van der Waals surface area contributed by atoms with Crippen LogP contribution in [0.3, 0.4) is 0 Å². The third kappa shape index (κ3) is 1.87. The van der Waals surface area contributed by atoms with E-state index in [-0.39, 0.29) is 6.61 Å². The minimum atomic E-state index is 0.252. The Hall–Kier alpha value is -1.09. The quantitative estimate of drug-likeness (QED) is 0.770. The fourth-order valence-corrected chi connectivity index (χ4v) is 2.07. The van der Waals surface area contributed by atoms with E-state index in [9.17, 15) is 5.11 Å². The summed E-state index contributed by atoms with van der Waals surface area (Å²) in [6.45, 7) is 1.30. The summed E-state index contributed by atoms with van der Waals surface area (Å²) in [6.07, 6.45) is 7.15. The van der Waals surface area contributed by atoms with Gasteiger partial charge in [0.25, 0.3) is 0 Å². The van der Waals surface area contributed by atoms with Crippen LogP contribution in [0.4, 0.5) is 5.69 Å². The van der Waals surface area contributed by atoms with Gasteiger partial charge < -0.3 is 10.0 Å². The Balaban J connectivity index is 2.15. The van der Waals surface area contributed by atoms with Crippen LogP contribution in [0.5, 0.6) is 0 Å². The van der Waals surface area contributed by atoms with Gasteiger partial charge in [-0.25, -0.2) is 0 Å². The first-order chi connectivity index (χ1) is 6.92. The summed E-state index contributed by atoms with van der Waals surface area (Å²) >= 11 is 0. The third-order valence-electron chi connectivity index (χ3n) is 2.83. The summed E-state index contributed by atoms with van der Waals surface area (Å²) in [5, 5.41) is 9.27. The highest BCUT2D eigenvalue weighted by Gasteiger charge is 2.21. The molecule has 14 heavy (non-hydrogen) atoms. The van der Waals surface area contributed by atoms with Crippen LogP contribution in [0, 0.1) is 0 Å². The van der Waals surface area contributed by atoms with Crippen molar-refractivity contribution in [2.24, 2.45) is 0 Å². The van der Waals surface area contributed by atoms with Crippen LogP contribution in [0.1, 0.15) is 19.3 Å². The summed E-state index contributed by atoms with van der Waals surface area (Å²) in [4.78, 5) is 6.28. The molecule has 0 aliphatic carbocycles. The van der Waals surface area contributed by atoms with Gasteiger partial charge in [-0.1, -0.05) is 0 Å². The van der Waals surface area contributed by atoms with Crippen LogP contribution in [0.25, 0.3) is 0 Å². The monoisotopic (exact) mass is 192 g/mol. The van der Waals surface area contributed by atoms with Crippen LogP contribution >= 0.6 is 0 Å². The summed E-state index contributed by atoms with van der Waals surface area (Å²) in [5.41, 5.74) is 1.18. The molecule has 1 atom stereocenters. The van der Waals surface area contributed by atoms with Gasteiger partial charge in [-0.3, -0.25) is 4.98 Å². The number of aliphatic hydroxyl groups excluding tert-OH is 1. The molecule has 1 aromatic heterocycles. The molecule has 1 aliphatic heterocycles. The molecule has 76 valence electrons. The van der Waals surface area contributed by atoms with Gasteiger partial charge >= 0.3 is 0 Å². The molecule has 2 rings (SSSR count). The number of anilines is 1. The molecule has 0 aromatic carbocycles. The molecule has 2 heterocycles. The Bertz CT molecular complexity index is 276. The topological polar surface area (TPSA) is 36.4 Å². The number of hydrogen-bond donors (Lipinski definition) is 1. The van der Waals surface area contributed by atoms with E-state index in [0.29, 0.717) is 6.04 Å². The van der Waals surface area contributed by atoms with Gasteiger partial charge in [-0.05, 0) is 31.4 Å². The largest absolute Gasteiger partial charge is 0.394 e. The normalized spacial score (nSPS) is 22.4. The van der Waals surface area contributed by atoms with Gasteiger partial charge in [-0.15, -0.1) is 0 Å². The zero-order valence-electron chi connectivity index (χ0n) is 8.26. The van der Waals surface area contributed by atoms with Crippen molar-refractivity contribution in [3.63, 3.8) is 0 Å². The average Bonchev–Trinajstić information content (AvgIpc) is 2.30. The minimum absolute atomic E-state index is 0.252. The number of nitrogens with zero attached hydrogens (tertiary/aromatic N) is 2. The lowest BCUT2D eigenvalue weighted by Gasteiger charge is -2.36. The van der Waals surface area contributed by atoms with Gasteiger partial charge in [0.2, 0.25) is 0 Å². The van der Waals surface area contributed by atoms with E-state index in [0.717, 1.165) is 13.0 Å². The lowest BCUT2D eigenvalue weighted by Crippen LogP contribution is -2.41. The maximum atomic E-state index is 9.27. The Morgan fingerprint density at radius 3 is 2.86 bits per heavy atom. The molecule has 1 saturated heterocycles. The Labute approximate surface area is 84.4 Å². The van der Waals surface area contributed by atoms with Crippen molar-refractivity contribution >= 4 is 5.69 Å². The van der Waals surface area contributed by atoms with Crippen molar-refractivity contribution in [2.75, 3.05) is 18.1 Å². The summed E-state index contributed by atoms with van der Waals surface area (Å²) in [6, 6.07) is 4.31. The van der Waals surface area contributed by atoms with Crippen molar-refractivity contribution in [1.29, 1.82) is 0 Å². The smallest absolute Gasteiger partial charge is 0.0635 e. The number of aliphatic hydroxyl groups is 1. The van der Waals surface area contributed by atoms with Crippen molar-refractivity contribution in [3.05, 3.63) is 24.5 Å². The lowest BCUT2D eigenvalue weighted by atomic mass is 10.0. The fourth-order valence-electron chi connectivity index (χ4n) is 2.07. The number of piperidine rings is 1. The number of pyridine rings is 1. The van der Waals surface area contributed by atoms with E-state index in [1.165, 1.54) is 18.5 Å². The number of aromatic nitrogens is 1. The second kappa shape index (κ2) is 4.42. The highest BCUT2D eigenvalue weighted by atomic mass is 16.3. The second-order valence-electron chi connectivity index (χ2n) is 3.73. The molecule has 0 amide bonds. The van der Waals surface area contributed by atoms with Crippen LogP contribution < -0.4 is 4.90 Å². The predicted octanol–water partition coefficient (Wildman–Crippen LogP) is 1.43. The molecule has 0 spiro atoms. The minimum Gasteiger partial charge on any atom is -0.394 e. The first-order valence-corrected chi connectivity index (χ1v) is 5.19. The van der Waals surface area contributed by atoms with Gasteiger partial charge in [-0.2, -0.15) is 0 Å². The SMILES string of the molecule is OCC1CCCCN1c1ccncc1. The first kappa shape index (κ1) is 9.46. The Kier molecular flexibility index (Phi) is 2.99. The van der Waals surface area contributed by atoms with E-state index >= 15 is 0 Å².